The van der Waals surface area contributed by atoms with Crippen LogP contribution in [-0.4, -0.2) is 17.9 Å². The Morgan fingerprint density at radius 3 is 1.98 bits per heavy atom. The van der Waals surface area contributed by atoms with Gasteiger partial charge in [-0.2, -0.15) is 31.6 Å². The first-order chi connectivity index (χ1) is 19.9. The van der Waals surface area contributed by atoms with Crippen LogP contribution >= 0.6 is 0 Å². The van der Waals surface area contributed by atoms with Crippen molar-refractivity contribution in [2.24, 2.45) is 0 Å². The van der Waals surface area contributed by atoms with Gasteiger partial charge < -0.3 is 4.90 Å². The molecule has 0 spiro atoms. The van der Waals surface area contributed by atoms with Gasteiger partial charge in [0.15, 0.2) is 5.69 Å². The maximum atomic E-state index is 14.1. The minimum Gasteiger partial charge on any atom is -0.312 e. The predicted octanol–water partition coefficient (Wildman–Crippen LogP) is 8.91. The highest BCUT2D eigenvalue weighted by molar-refractivity contribution is 6.04. The van der Waals surface area contributed by atoms with Crippen molar-refractivity contribution in [2.45, 2.75) is 70.1 Å². The van der Waals surface area contributed by atoms with Crippen LogP contribution in [-0.2, 0) is 22.6 Å². The SMILES string of the molecule is Cc1cc(F)ccc1-c1cc(C2CC[CH]CC2)nc(C#N)c1N(C)C(=O)C(C)(C)c1cc(C(F)(F)F)cc(C(F)(F)F)c1. The van der Waals surface area contributed by atoms with Crippen molar-refractivity contribution in [1.82, 2.24) is 4.98 Å². The van der Waals surface area contributed by atoms with Gasteiger partial charge in [0.1, 0.15) is 11.9 Å². The molecule has 2 aromatic carbocycles. The standard InChI is InChI=1S/C32H29F7N3O/c1-18-12-23(33)10-11-24(18)25-16-26(19-8-6-5-7-9-19)41-27(17-40)28(25)42(4)29(43)30(2,3)20-13-21(31(34,35)36)15-22(14-20)32(37,38)39/h5,10-16,19H,6-9H2,1-4H3. The van der Waals surface area contributed by atoms with E-state index in [0.717, 1.165) is 30.6 Å². The van der Waals surface area contributed by atoms with E-state index in [0.29, 0.717) is 34.5 Å². The highest BCUT2D eigenvalue weighted by atomic mass is 19.4. The Morgan fingerprint density at radius 2 is 1.47 bits per heavy atom. The number of likely N-dealkylation sites (N-methyl/N-ethyl adjacent to an activating group) is 1. The lowest BCUT2D eigenvalue weighted by molar-refractivity contribution is -0.143. The molecule has 1 aromatic heterocycles. The molecule has 1 radical (unpaired) electrons. The van der Waals surface area contributed by atoms with Gasteiger partial charge in [0.05, 0.1) is 22.2 Å². The number of benzene rings is 2. The molecule has 3 aromatic rings. The summed E-state index contributed by atoms with van der Waals surface area (Å²) in [5.74, 6) is -1.36. The fourth-order valence-electron chi connectivity index (χ4n) is 5.50. The molecular weight excluding hydrogens is 575 g/mol. The lowest BCUT2D eigenvalue weighted by Crippen LogP contribution is -2.42. The monoisotopic (exact) mass is 604 g/mol. The Morgan fingerprint density at radius 1 is 0.907 bits per heavy atom. The number of hydrogen-bond donors (Lipinski definition) is 0. The number of nitrogens with zero attached hydrogens (tertiary/aromatic N) is 3. The fraction of sp³-hybridized carbons (Fsp3) is 0.375. The summed E-state index contributed by atoms with van der Waals surface area (Å²) in [7, 11) is 1.29. The zero-order chi connectivity index (χ0) is 31.9. The van der Waals surface area contributed by atoms with Crippen molar-refractivity contribution in [3.8, 4) is 17.2 Å². The third-order valence-corrected chi connectivity index (χ3v) is 7.94. The molecule has 227 valence electrons. The second-order valence-electron chi connectivity index (χ2n) is 11.3. The normalized spacial score (nSPS) is 14.8. The van der Waals surface area contributed by atoms with E-state index in [1.54, 1.807) is 13.0 Å². The minimum atomic E-state index is -5.10. The zero-order valence-corrected chi connectivity index (χ0v) is 23.9. The van der Waals surface area contributed by atoms with E-state index in [9.17, 15) is 40.8 Å². The molecule has 11 heteroatoms. The van der Waals surface area contributed by atoms with Crippen molar-refractivity contribution >= 4 is 11.6 Å². The number of nitriles is 1. The molecule has 1 heterocycles. The van der Waals surface area contributed by atoms with Gasteiger partial charge in [-0.3, -0.25) is 4.79 Å². The average Bonchev–Trinajstić information content (AvgIpc) is 2.95. The fourth-order valence-corrected chi connectivity index (χ4v) is 5.50. The van der Waals surface area contributed by atoms with Crippen molar-refractivity contribution in [1.29, 1.82) is 5.26 Å². The van der Waals surface area contributed by atoms with Crippen LogP contribution in [0, 0.1) is 30.5 Å². The van der Waals surface area contributed by atoms with Crippen molar-refractivity contribution in [3.05, 3.63) is 88.3 Å². The summed E-state index contributed by atoms with van der Waals surface area (Å²) >= 11 is 0. The van der Waals surface area contributed by atoms with Gasteiger partial charge in [0.25, 0.3) is 0 Å². The lowest BCUT2D eigenvalue weighted by atomic mass is 9.81. The van der Waals surface area contributed by atoms with E-state index in [4.69, 9.17) is 0 Å². The quantitative estimate of drug-likeness (QED) is 0.273. The van der Waals surface area contributed by atoms with E-state index < -0.39 is 46.2 Å². The number of aryl methyl sites for hydroxylation is 1. The molecule has 0 atom stereocenters. The zero-order valence-electron chi connectivity index (χ0n) is 23.9. The summed E-state index contributed by atoms with van der Waals surface area (Å²) in [4.78, 5) is 19.6. The first kappa shape index (κ1) is 32.0. The second-order valence-corrected chi connectivity index (χ2v) is 11.3. The highest BCUT2D eigenvalue weighted by Crippen LogP contribution is 2.43. The number of anilines is 1. The van der Waals surface area contributed by atoms with Gasteiger partial charge in [0, 0.05) is 24.2 Å². The second kappa shape index (κ2) is 11.6. The number of halogens is 7. The Labute approximate surface area is 245 Å². The van der Waals surface area contributed by atoms with Gasteiger partial charge in [0.2, 0.25) is 5.91 Å². The maximum absolute atomic E-state index is 14.1. The summed E-state index contributed by atoms with van der Waals surface area (Å²) < 4.78 is 95.7. The smallest absolute Gasteiger partial charge is 0.312 e. The number of rotatable bonds is 5. The predicted molar refractivity (Wildman–Crippen MR) is 147 cm³/mol. The molecule has 1 fully saturated rings. The minimum absolute atomic E-state index is 0.00262. The largest absolute Gasteiger partial charge is 0.416 e. The molecule has 0 unspecified atom stereocenters. The number of pyridine rings is 1. The van der Waals surface area contributed by atoms with Crippen molar-refractivity contribution < 1.29 is 35.5 Å². The summed E-state index contributed by atoms with van der Waals surface area (Å²) in [6, 6.07) is 8.81. The topological polar surface area (TPSA) is 57.0 Å². The Kier molecular flexibility index (Phi) is 8.65. The summed E-state index contributed by atoms with van der Waals surface area (Å²) in [6.45, 7) is 4.09. The first-order valence-electron chi connectivity index (χ1n) is 13.6. The molecule has 4 nitrogen and oxygen atoms in total. The highest BCUT2D eigenvalue weighted by Gasteiger charge is 2.42. The average molecular weight is 605 g/mol. The first-order valence-corrected chi connectivity index (χ1v) is 13.6. The van der Waals surface area contributed by atoms with E-state index in [2.05, 4.69) is 11.4 Å². The third-order valence-electron chi connectivity index (χ3n) is 7.94. The molecule has 1 amide bonds. The van der Waals surface area contributed by atoms with E-state index in [-0.39, 0.29) is 23.4 Å². The molecule has 0 saturated heterocycles. The van der Waals surface area contributed by atoms with E-state index in [1.165, 1.54) is 39.1 Å². The van der Waals surface area contributed by atoms with Crippen LogP contribution in [0.3, 0.4) is 0 Å². The van der Waals surface area contributed by atoms with Gasteiger partial charge in [-0.25, -0.2) is 9.37 Å². The molecule has 4 rings (SSSR count). The molecule has 0 bridgehead atoms. The molecular formula is C32H29F7N3O. The van der Waals surface area contributed by atoms with Crippen LogP contribution in [0.1, 0.15) is 79.1 Å². The summed E-state index contributed by atoms with van der Waals surface area (Å²) in [5, 5.41) is 10.2. The molecule has 43 heavy (non-hydrogen) atoms. The number of hydrogen-bond acceptors (Lipinski definition) is 3. The van der Waals surface area contributed by atoms with Gasteiger partial charge in [-0.15, -0.1) is 0 Å². The molecule has 0 N–H and O–H groups in total. The van der Waals surface area contributed by atoms with Crippen LogP contribution < -0.4 is 4.90 Å². The maximum Gasteiger partial charge on any atom is 0.416 e. The number of alkyl halides is 6. The van der Waals surface area contributed by atoms with E-state index in [1.807, 2.05) is 6.07 Å². The Hall–Kier alpha value is -3.94. The lowest BCUT2D eigenvalue weighted by Gasteiger charge is -2.33. The number of aromatic nitrogens is 1. The Bertz CT molecular complexity index is 1550. The number of carbonyl (C=O) groups excluding carboxylic acids is 1. The molecule has 1 saturated carbocycles. The molecule has 1 aliphatic carbocycles. The third kappa shape index (κ3) is 6.53. The van der Waals surface area contributed by atoms with Crippen molar-refractivity contribution in [2.75, 3.05) is 11.9 Å². The van der Waals surface area contributed by atoms with Crippen LogP contribution in [0.4, 0.5) is 36.4 Å². The summed E-state index contributed by atoms with van der Waals surface area (Å²) in [5.41, 5.74) is -3.65. The number of carbonyl (C=O) groups is 1. The van der Waals surface area contributed by atoms with Crippen LogP contribution in [0.15, 0.2) is 42.5 Å². The van der Waals surface area contributed by atoms with Gasteiger partial charge in [-0.05, 0) is 106 Å². The number of amides is 1. The molecule has 0 aliphatic heterocycles. The van der Waals surface area contributed by atoms with Gasteiger partial charge >= 0.3 is 12.4 Å². The Balaban J connectivity index is 1.90. The van der Waals surface area contributed by atoms with Crippen molar-refractivity contribution in [3.63, 3.8) is 0 Å². The van der Waals surface area contributed by atoms with Crippen LogP contribution in [0.2, 0.25) is 0 Å². The van der Waals surface area contributed by atoms with Gasteiger partial charge in [-0.1, -0.05) is 6.07 Å². The summed E-state index contributed by atoms with van der Waals surface area (Å²) in [6.07, 6.45) is -4.75. The van der Waals surface area contributed by atoms with E-state index >= 15 is 0 Å². The van der Waals surface area contributed by atoms with Crippen LogP contribution in [0.25, 0.3) is 11.1 Å². The molecule has 1 aliphatic rings. The van der Waals surface area contributed by atoms with Crippen LogP contribution in [0.5, 0.6) is 0 Å².